The van der Waals surface area contributed by atoms with Gasteiger partial charge in [0.1, 0.15) is 0 Å². The van der Waals surface area contributed by atoms with E-state index in [2.05, 4.69) is 0 Å². The number of ether oxygens (including phenoxy) is 1. The average Bonchev–Trinajstić information content (AvgIpc) is 1.69. The van der Waals surface area contributed by atoms with Crippen LogP contribution >= 0.6 is 0 Å². The van der Waals surface area contributed by atoms with Gasteiger partial charge in [0.2, 0.25) is 0 Å². The van der Waals surface area contributed by atoms with Crippen molar-refractivity contribution < 1.29 is 9.84 Å². The van der Waals surface area contributed by atoms with Crippen LogP contribution in [0.15, 0.2) is 0 Å². The monoisotopic (exact) mass is 102 g/mol. The molecule has 0 aliphatic rings. The van der Waals surface area contributed by atoms with Gasteiger partial charge in [-0.25, -0.2) is 0 Å². The van der Waals surface area contributed by atoms with Gasteiger partial charge >= 0.3 is 0 Å². The van der Waals surface area contributed by atoms with Crippen molar-refractivity contribution in [2.45, 2.75) is 6.42 Å². The topological polar surface area (TPSA) is 29.5 Å². The molecule has 7 heavy (non-hydrogen) atoms. The van der Waals surface area contributed by atoms with E-state index in [0.717, 1.165) is 0 Å². The molecule has 0 aromatic heterocycles. The fraction of sp³-hybridized carbons (Fsp3) is 0.800. The van der Waals surface area contributed by atoms with E-state index >= 15 is 0 Å². The van der Waals surface area contributed by atoms with Crippen molar-refractivity contribution in [3.8, 4) is 0 Å². The quantitative estimate of drug-likeness (QED) is 0.510. The predicted molar refractivity (Wildman–Crippen MR) is 26.8 cm³/mol. The molecule has 0 aliphatic heterocycles. The minimum Gasteiger partial charge on any atom is -0.396 e. The lowest BCUT2D eigenvalue weighted by Crippen LogP contribution is -1.95. The summed E-state index contributed by atoms with van der Waals surface area (Å²) >= 11 is 0. The van der Waals surface area contributed by atoms with E-state index in [0.29, 0.717) is 13.0 Å². The molecule has 2 nitrogen and oxygen atoms in total. The highest BCUT2D eigenvalue weighted by Crippen LogP contribution is 1.77. The molecule has 2 heteroatoms. The van der Waals surface area contributed by atoms with E-state index < -0.39 is 0 Å². The Morgan fingerprint density at radius 3 is 2.71 bits per heavy atom. The van der Waals surface area contributed by atoms with Crippen molar-refractivity contribution in [2.75, 3.05) is 19.8 Å². The number of rotatable bonds is 4. The molecular weight excluding hydrogens is 92.1 g/mol. The lowest BCUT2D eigenvalue weighted by molar-refractivity contribution is 0.138. The zero-order valence-electron chi connectivity index (χ0n) is 4.26. The summed E-state index contributed by atoms with van der Waals surface area (Å²) in [5.41, 5.74) is 0. The van der Waals surface area contributed by atoms with Crippen LogP contribution in [0.25, 0.3) is 0 Å². The summed E-state index contributed by atoms with van der Waals surface area (Å²) in [6.45, 7) is 5.96. The van der Waals surface area contributed by atoms with E-state index in [1.54, 1.807) is 0 Å². The molecule has 0 heterocycles. The van der Waals surface area contributed by atoms with Crippen LogP contribution in [0.3, 0.4) is 0 Å². The van der Waals surface area contributed by atoms with Gasteiger partial charge in [0.25, 0.3) is 0 Å². The second-order valence-electron chi connectivity index (χ2n) is 1.15. The molecule has 0 rings (SSSR count). The van der Waals surface area contributed by atoms with Gasteiger partial charge in [0, 0.05) is 13.2 Å². The number of aliphatic hydroxyl groups excluding tert-OH is 1. The fourth-order valence-corrected chi connectivity index (χ4v) is 0.250. The minimum absolute atomic E-state index is 0.181. The predicted octanol–water partition coefficient (Wildman–Crippen LogP) is 0.0965. The number of hydrogen-bond acceptors (Lipinski definition) is 2. The molecular formula is C5H10O2. The largest absolute Gasteiger partial charge is 0.396 e. The fourth-order valence-electron chi connectivity index (χ4n) is 0.250. The zero-order valence-corrected chi connectivity index (χ0v) is 4.26. The Balaban J connectivity index is 2.45. The Morgan fingerprint density at radius 1 is 1.57 bits per heavy atom. The Labute approximate surface area is 44.1 Å². The van der Waals surface area contributed by atoms with Crippen LogP contribution in [0, 0.1) is 6.92 Å². The molecule has 1 N–H and O–H groups in total. The minimum atomic E-state index is 0.181. The van der Waals surface area contributed by atoms with Gasteiger partial charge in [0.05, 0.1) is 6.61 Å². The molecule has 0 aliphatic carbocycles. The van der Waals surface area contributed by atoms with Gasteiger partial charge in [-0.15, -0.1) is 0 Å². The van der Waals surface area contributed by atoms with Crippen molar-refractivity contribution in [1.29, 1.82) is 0 Å². The van der Waals surface area contributed by atoms with E-state index in [1.165, 1.54) is 0 Å². The van der Waals surface area contributed by atoms with Crippen LogP contribution in [-0.4, -0.2) is 24.9 Å². The van der Waals surface area contributed by atoms with Gasteiger partial charge in [0.15, 0.2) is 0 Å². The van der Waals surface area contributed by atoms with Crippen LogP contribution in [-0.2, 0) is 4.74 Å². The smallest absolute Gasteiger partial charge is 0.0501 e. The maximum absolute atomic E-state index is 8.17. The van der Waals surface area contributed by atoms with Crippen molar-refractivity contribution in [3.63, 3.8) is 0 Å². The molecule has 2 radical (unpaired) electrons. The van der Waals surface area contributed by atoms with Crippen molar-refractivity contribution >= 4 is 0 Å². The summed E-state index contributed by atoms with van der Waals surface area (Å²) < 4.78 is 4.69. The van der Waals surface area contributed by atoms with Crippen molar-refractivity contribution in [2.24, 2.45) is 0 Å². The first-order valence-electron chi connectivity index (χ1n) is 2.30. The lowest BCUT2D eigenvalue weighted by Gasteiger charge is -1.94. The van der Waals surface area contributed by atoms with E-state index in [4.69, 9.17) is 16.8 Å². The number of aliphatic hydroxyl groups is 1. The molecule has 0 atom stereocenters. The molecule has 42 valence electrons. The van der Waals surface area contributed by atoms with Crippen LogP contribution < -0.4 is 0 Å². The van der Waals surface area contributed by atoms with Crippen LogP contribution in [0.5, 0.6) is 0 Å². The first-order valence-corrected chi connectivity index (χ1v) is 2.30. The second kappa shape index (κ2) is 5.92. The van der Waals surface area contributed by atoms with Crippen LogP contribution in [0.4, 0.5) is 0 Å². The lowest BCUT2D eigenvalue weighted by atomic mass is 10.5. The molecule has 0 bridgehead atoms. The van der Waals surface area contributed by atoms with Crippen LogP contribution in [0.1, 0.15) is 6.42 Å². The SMILES string of the molecule is [CH]COCCCO. The Kier molecular flexibility index (Phi) is 5.85. The summed E-state index contributed by atoms with van der Waals surface area (Å²) in [5, 5.41) is 8.17. The van der Waals surface area contributed by atoms with Gasteiger partial charge in [-0.3, -0.25) is 0 Å². The molecule has 0 fully saturated rings. The Bertz CT molecular complexity index is 25.3. The standard InChI is InChI=1S/C5H10O2/c1-2-7-5-3-4-6/h1,6H,2-5H2. The van der Waals surface area contributed by atoms with Crippen LogP contribution in [0.2, 0.25) is 0 Å². The molecule has 0 amide bonds. The molecule has 0 aromatic rings. The van der Waals surface area contributed by atoms with E-state index in [9.17, 15) is 0 Å². The summed E-state index contributed by atoms with van der Waals surface area (Å²) in [6, 6.07) is 0. The van der Waals surface area contributed by atoms with Crippen molar-refractivity contribution in [1.82, 2.24) is 0 Å². The van der Waals surface area contributed by atoms with Gasteiger partial charge in [-0.05, 0) is 13.3 Å². The first kappa shape index (κ1) is 6.92. The summed E-state index contributed by atoms with van der Waals surface area (Å²) in [7, 11) is 0. The Hall–Kier alpha value is -0.0800. The highest BCUT2D eigenvalue weighted by Gasteiger charge is 1.79. The summed E-state index contributed by atoms with van der Waals surface area (Å²) in [4.78, 5) is 0. The Morgan fingerprint density at radius 2 is 2.29 bits per heavy atom. The number of hydrogen-bond donors (Lipinski definition) is 1. The zero-order chi connectivity index (χ0) is 5.54. The third-order valence-corrected chi connectivity index (χ3v) is 0.565. The molecule has 0 saturated heterocycles. The van der Waals surface area contributed by atoms with Gasteiger partial charge < -0.3 is 9.84 Å². The van der Waals surface area contributed by atoms with E-state index in [1.807, 2.05) is 0 Å². The first-order chi connectivity index (χ1) is 3.41. The third-order valence-electron chi connectivity index (χ3n) is 0.565. The maximum Gasteiger partial charge on any atom is 0.0501 e. The summed E-state index contributed by atoms with van der Waals surface area (Å²) in [5.74, 6) is 0. The molecule has 0 aromatic carbocycles. The van der Waals surface area contributed by atoms with E-state index in [-0.39, 0.29) is 13.2 Å². The molecule has 0 saturated carbocycles. The summed E-state index contributed by atoms with van der Waals surface area (Å²) in [6.07, 6.45) is 0.678. The average molecular weight is 102 g/mol. The molecule has 0 unspecified atom stereocenters. The van der Waals surface area contributed by atoms with Crippen molar-refractivity contribution in [3.05, 3.63) is 6.92 Å². The third kappa shape index (κ3) is 5.92. The second-order valence-corrected chi connectivity index (χ2v) is 1.15. The molecule has 0 spiro atoms. The highest BCUT2D eigenvalue weighted by molar-refractivity contribution is 4.32. The maximum atomic E-state index is 8.17. The highest BCUT2D eigenvalue weighted by atomic mass is 16.5. The van der Waals surface area contributed by atoms with Gasteiger partial charge in [-0.1, -0.05) is 0 Å². The van der Waals surface area contributed by atoms with Gasteiger partial charge in [-0.2, -0.15) is 0 Å². The normalized spacial score (nSPS) is 9.43.